The normalized spacial score (nSPS) is 18.0. The zero-order chi connectivity index (χ0) is 18.7. The van der Waals surface area contributed by atoms with Gasteiger partial charge in [0.15, 0.2) is 0 Å². The minimum absolute atomic E-state index is 0.158. The second-order valence-electron chi connectivity index (χ2n) is 6.39. The van der Waals surface area contributed by atoms with Crippen molar-refractivity contribution in [2.45, 2.75) is 37.2 Å². The largest absolute Gasteiger partial charge is 0.351 e. The predicted octanol–water partition coefficient (Wildman–Crippen LogP) is 2.60. The molecule has 1 heterocycles. The van der Waals surface area contributed by atoms with Gasteiger partial charge in [0.2, 0.25) is 15.9 Å². The molecule has 26 heavy (non-hydrogen) atoms. The summed E-state index contributed by atoms with van der Waals surface area (Å²) in [7, 11) is -3.72. The number of carbonyl (C=O) groups excluding carboxylic acids is 1. The predicted molar refractivity (Wildman–Crippen MR) is 96.3 cm³/mol. The van der Waals surface area contributed by atoms with E-state index in [0.29, 0.717) is 30.5 Å². The van der Waals surface area contributed by atoms with Gasteiger partial charge in [-0.3, -0.25) is 4.79 Å². The Morgan fingerprint density at radius 1 is 1.23 bits per heavy atom. The number of sulfonamides is 1. The van der Waals surface area contributed by atoms with Crippen LogP contribution in [0.4, 0.5) is 4.39 Å². The SMILES string of the molecule is Cc1ccc(CNC(=O)C2CCCN2S(=O)(=O)c2ccccc2)cc1F. The second kappa shape index (κ2) is 7.55. The quantitative estimate of drug-likeness (QED) is 0.872. The van der Waals surface area contributed by atoms with Crippen LogP contribution in [0.15, 0.2) is 53.4 Å². The van der Waals surface area contributed by atoms with E-state index >= 15 is 0 Å². The van der Waals surface area contributed by atoms with Crippen LogP contribution in [0.2, 0.25) is 0 Å². The summed E-state index contributed by atoms with van der Waals surface area (Å²) in [6, 6.07) is 12.1. The van der Waals surface area contributed by atoms with Crippen LogP contribution in [0.3, 0.4) is 0 Å². The molecule has 7 heteroatoms. The Balaban J connectivity index is 1.71. The summed E-state index contributed by atoms with van der Waals surface area (Å²) in [6.45, 7) is 2.14. The topological polar surface area (TPSA) is 66.5 Å². The number of hydrogen-bond acceptors (Lipinski definition) is 3. The fraction of sp³-hybridized carbons (Fsp3) is 0.316. The van der Waals surface area contributed by atoms with Gasteiger partial charge in [-0.05, 0) is 49.1 Å². The molecule has 3 rings (SSSR count). The van der Waals surface area contributed by atoms with Gasteiger partial charge >= 0.3 is 0 Å². The Morgan fingerprint density at radius 3 is 2.65 bits per heavy atom. The summed E-state index contributed by atoms with van der Waals surface area (Å²) in [5.74, 6) is -0.686. The average molecular weight is 376 g/mol. The molecular weight excluding hydrogens is 355 g/mol. The van der Waals surface area contributed by atoms with Crippen LogP contribution in [0.1, 0.15) is 24.0 Å². The van der Waals surface area contributed by atoms with E-state index in [1.165, 1.54) is 22.5 Å². The van der Waals surface area contributed by atoms with Crippen molar-refractivity contribution in [3.8, 4) is 0 Å². The highest BCUT2D eigenvalue weighted by atomic mass is 32.2. The summed E-state index contributed by atoms with van der Waals surface area (Å²) in [4.78, 5) is 12.7. The van der Waals surface area contributed by atoms with Crippen molar-refractivity contribution in [2.24, 2.45) is 0 Å². The van der Waals surface area contributed by atoms with Crippen LogP contribution in [-0.2, 0) is 21.4 Å². The first-order valence-electron chi connectivity index (χ1n) is 8.49. The third-order valence-electron chi connectivity index (χ3n) is 4.56. The Kier molecular flexibility index (Phi) is 5.38. The number of rotatable bonds is 5. The van der Waals surface area contributed by atoms with E-state index in [-0.39, 0.29) is 23.2 Å². The molecule has 1 unspecified atom stereocenters. The molecule has 0 aliphatic carbocycles. The van der Waals surface area contributed by atoms with Crippen LogP contribution < -0.4 is 5.32 Å². The molecule has 1 saturated heterocycles. The van der Waals surface area contributed by atoms with Crippen LogP contribution in [0, 0.1) is 12.7 Å². The number of carbonyl (C=O) groups is 1. The van der Waals surface area contributed by atoms with Crippen molar-refractivity contribution in [3.63, 3.8) is 0 Å². The summed E-state index contributed by atoms with van der Waals surface area (Å²) >= 11 is 0. The molecule has 0 radical (unpaired) electrons. The van der Waals surface area contributed by atoms with Gasteiger partial charge in [0, 0.05) is 13.1 Å². The Labute approximate surface area is 152 Å². The third kappa shape index (κ3) is 3.78. The molecule has 1 N–H and O–H groups in total. The lowest BCUT2D eigenvalue weighted by Crippen LogP contribution is -2.45. The molecule has 1 fully saturated rings. The van der Waals surface area contributed by atoms with Crippen LogP contribution >= 0.6 is 0 Å². The lowest BCUT2D eigenvalue weighted by Gasteiger charge is -2.23. The molecule has 1 aliphatic rings. The molecule has 1 aliphatic heterocycles. The van der Waals surface area contributed by atoms with Crippen LogP contribution in [0.25, 0.3) is 0 Å². The maximum absolute atomic E-state index is 13.6. The molecule has 0 saturated carbocycles. The van der Waals surface area contributed by atoms with Gasteiger partial charge in [0.25, 0.3) is 0 Å². The third-order valence-corrected chi connectivity index (χ3v) is 6.48. The molecule has 138 valence electrons. The Morgan fingerprint density at radius 2 is 1.96 bits per heavy atom. The van der Waals surface area contributed by atoms with E-state index < -0.39 is 16.1 Å². The number of nitrogens with one attached hydrogen (secondary N) is 1. The maximum atomic E-state index is 13.6. The maximum Gasteiger partial charge on any atom is 0.243 e. The Hall–Kier alpha value is -2.25. The van der Waals surface area contributed by atoms with Gasteiger partial charge in [0.05, 0.1) is 4.90 Å². The minimum Gasteiger partial charge on any atom is -0.351 e. The standard InChI is InChI=1S/C19H21FN2O3S/c1-14-9-10-15(12-17(14)20)13-21-19(23)18-8-5-11-22(18)26(24,25)16-6-3-2-4-7-16/h2-4,6-7,9-10,12,18H,5,8,11,13H2,1H3,(H,21,23). The summed E-state index contributed by atoms with van der Waals surface area (Å²) in [5.41, 5.74) is 1.17. The monoisotopic (exact) mass is 376 g/mol. The molecule has 0 aromatic heterocycles. The number of hydrogen-bond donors (Lipinski definition) is 1. The fourth-order valence-electron chi connectivity index (χ4n) is 3.07. The van der Waals surface area contributed by atoms with Crippen molar-refractivity contribution in [3.05, 3.63) is 65.5 Å². The minimum atomic E-state index is -3.72. The van der Waals surface area contributed by atoms with Crippen molar-refractivity contribution in [1.29, 1.82) is 0 Å². The van der Waals surface area contributed by atoms with E-state index in [9.17, 15) is 17.6 Å². The number of aryl methyl sites for hydroxylation is 1. The fourth-order valence-corrected chi connectivity index (χ4v) is 4.75. The van der Waals surface area contributed by atoms with Crippen LogP contribution in [0.5, 0.6) is 0 Å². The van der Waals surface area contributed by atoms with Crippen LogP contribution in [-0.4, -0.2) is 31.2 Å². The van der Waals surface area contributed by atoms with Gasteiger partial charge < -0.3 is 5.32 Å². The van der Waals surface area contributed by atoms with Gasteiger partial charge in [0.1, 0.15) is 11.9 Å². The number of amides is 1. The number of nitrogens with zero attached hydrogens (tertiary/aromatic N) is 1. The number of benzene rings is 2. The van der Waals surface area contributed by atoms with Gasteiger partial charge in [-0.2, -0.15) is 4.31 Å². The summed E-state index contributed by atoms with van der Waals surface area (Å²) < 4.78 is 40.5. The zero-order valence-electron chi connectivity index (χ0n) is 14.5. The first-order valence-corrected chi connectivity index (χ1v) is 9.93. The molecule has 1 atom stereocenters. The molecule has 0 bridgehead atoms. The van der Waals surface area contributed by atoms with E-state index in [2.05, 4.69) is 5.32 Å². The molecule has 2 aromatic rings. The molecular formula is C19H21FN2O3S. The average Bonchev–Trinajstić information content (AvgIpc) is 3.14. The highest BCUT2D eigenvalue weighted by molar-refractivity contribution is 7.89. The first kappa shape index (κ1) is 18.5. The van der Waals surface area contributed by atoms with Gasteiger partial charge in [-0.1, -0.05) is 30.3 Å². The molecule has 5 nitrogen and oxygen atoms in total. The van der Waals surface area contributed by atoms with E-state index in [4.69, 9.17) is 0 Å². The van der Waals surface area contributed by atoms with E-state index in [1.54, 1.807) is 37.3 Å². The first-order chi connectivity index (χ1) is 12.4. The smallest absolute Gasteiger partial charge is 0.243 e. The Bertz CT molecular complexity index is 900. The number of halogens is 1. The molecule has 2 aromatic carbocycles. The highest BCUT2D eigenvalue weighted by Crippen LogP contribution is 2.26. The second-order valence-corrected chi connectivity index (χ2v) is 8.28. The van der Waals surface area contributed by atoms with Gasteiger partial charge in [-0.15, -0.1) is 0 Å². The lowest BCUT2D eigenvalue weighted by atomic mass is 10.1. The zero-order valence-corrected chi connectivity index (χ0v) is 15.3. The van der Waals surface area contributed by atoms with E-state index in [1.807, 2.05) is 0 Å². The lowest BCUT2D eigenvalue weighted by molar-refractivity contribution is -0.124. The van der Waals surface area contributed by atoms with Crippen molar-refractivity contribution in [2.75, 3.05) is 6.54 Å². The summed E-state index contributed by atoms with van der Waals surface area (Å²) in [5, 5.41) is 2.73. The van der Waals surface area contributed by atoms with Crippen molar-refractivity contribution >= 4 is 15.9 Å². The highest BCUT2D eigenvalue weighted by Gasteiger charge is 2.39. The van der Waals surface area contributed by atoms with E-state index in [0.717, 1.165) is 0 Å². The van der Waals surface area contributed by atoms with Crippen molar-refractivity contribution in [1.82, 2.24) is 9.62 Å². The summed E-state index contributed by atoms with van der Waals surface area (Å²) in [6.07, 6.45) is 1.10. The molecule has 0 spiro atoms. The van der Waals surface area contributed by atoms with Gasteiger partial charge in [-0.25, -0.2) is 12.8 Å². The van der Waals surface area contributed by atoms with Crippen molar-refractivity contribution < 1.29 is 17.6 Å². The molecule has 1 amide bonds.